The Hall–Kier alpha value is -1.74. The van der Waals surface area contributed by atoms with Gasteiger partial charge in [0.25, 0.3) is 0 Å². The Morgan fingerprint density at radius 3 is 2.48 bits per heavy atom. The molecule has 0 aromatic heterocycles. The van der Waals surface area contributed by atoms with Crippen molar-refractivity contribution < 1.29 is 17.9 Å². The van der Waals surface area contributed by atoms with Crippen LogP contribution in [0.4, 0.5) is 13.2 Å². The Morgan fingerprint density at radius 1 is 1.29 bits per heavy atom. The standard InChI is InChI=1S/C15H19F3N2O/c1-3-14(11-19,20-2)9-6-10-21-13-8-5-4-7-12(13)15(16,17)18/h4-5,7-8,20H,3,6,9-10H2,1-2H3. The van der Waals surface area contributed by atoms with Crippen molar-refractivity contribution in [2.75, 3.05) is 13.7 Å². The fourth-order valence-corrected chi connectivity index (χ4v) is 2.05. The van der Waals surface area contributed by atoms with Gasteiger partial charge in [-0.2, -0.15) is 18.4 Å². The van der Waals surface area contributed by atoms with Crippen LogP contribution in [-0.2, 0) is 6.18 Å². The molecule has 0 radical (unpaired) electrons. The van der Waals surface area contributed by atoms with Crippen LogP contribution in [0.2, 0.25) is 0 Å². The van der Waals surface area contributed by atoms with Crippen LogP contribution < -0.4 is 10.1 Å². The first-order valence-corrected chi connectivity index (χ1v) is 6.77. The topological polar surface area (TPSA) is 45.0 Å². The largest absolute Gasteiger partial charge is 0.493 e. The van der Waals surface area contributed by atoms with Crippen LogP contribution in [0.15, 0.2) is 24.3 Å². The van der Waals surface area contributed by atoms with Gasteiger partial charge in [-0.25, -0.2) is 0 Å². The van der Waals surface area contributed by atoms with Crippen molar-refractivity contribution >= 4 is 0 Å². The molecule has 0 aliphatic carbocycles. The van der Waals surface area contributed by atoms with E-state index in [9.17, 15) is 13.2 Å². The predicted molar refractivity (Wildman–Crippen MR) is 73.9 cm³/mol. The summed E-state index contributed by atoms with van der Waals surface area (Å²) in [5.41, 5.74) is -1.42. The lowest BCUT2D eigenvalue weighted by atomic mass is 9.92. The number of nitriles is 1. The summed E-state index contributed by atoms with van der Waals surface area (Å²) in [6, 6.07) is 7.33. The van der Waals surface area contributed by atoms with Crippen LogP contribution in [0.3, 0.4) is 0 Å². The van der Waals surface area contributed by atoms with Gasteiger partial charge < -0.3 is 10.1 Å². The molecule has 6 heteroatoms. The van der Waals surface area contributed by atoms with E-state index in [1.165, 1.54) is 18.2 Å². The lowest BCUT2D eigenvalue weighted by Crippen LogP contribution is -2.41. The highest BCUT2D eigenvalue weighted by molar-refractivity contribution is 5.35. The van der Waals surface area contributed by atoms with E-state index in [0.29, 0.717) is 19.3 Å². The normalized spacial score (nSPS) is 14.3. The van der Waals surface area contributed by atoms with Crippen molar-refractivity contribution in [1.29, 1.82) is 5.26 Å². The molecule has 0 aliphatic rings. The van der Waals surface area contributed by atoms with Gasteiger partial charge in [-0.3, -0.25) is 0 Å². The third kappa shape index (κ3) is 4.64. The van der Waals surface area contributed by atoms with Crippen molar-refractivity contribution in [2.24, 2.45) is 0 Å². The monoisotopic (exact) mass is 300 g/mol. The summed E-state index contributed by atoms with van der Waals surface area (Å²) in [4.78, 5) is 0. The Morgan fingerprint density at radius 2 is 1.95 bits per heavy atom. The van der Waals surface area contributed by atoms with Gasteiger partial charge in [-0.15, -0.1) is 0 Å². The number of rotatable bonds is 7. The predicted octanol–water partition coefficient (Wildman–Crippen LogP) is 3.76. The second-order valence-electron chi connectivity index (χ2n) is 4.74. The maximum absolute atomic E-state index is 12.8. The van der Waals surface area contributed by atoms with Gasteiger partial charge in [0.05, 0.1) is 18.2 Å². The third-order valence-corrected chi connectivity index (χ3v) is 3.49. The summed E-state index contributed by atoms with van der Waals surface area (Å²) in [6.07, 6.45) is -2.79. The molecule has 1 N–H and O–H groups in total. The van der Waals surface area contributed by atoms with E-state index < -0.39 is 17.3 Å². The molecule has 21 heavy (non-hydrogen) atoms. The van der Waals surface area contributed by atoms with E-state index in [4.69, 9.17) is 10.00 Å². The molecule has 1 atom stereocenters. The molecule has 1 aromatic carbocycles. The molecule has 0 fully saturated rings. The highest BCUT2D eigenvalue weighted by atomic mass is 19.4. The molecule has 3 nitrogen and oxygen atoms in total. The quantitative estimate of drug-likeness (QED) is 0.780. The molecule has 0 saturated carbocycles. The maximum atomic E-state index is 12.8. The summed E-state index contributed by atoms with van der Waals surface area (Å²) >= 11 is 0. The number of hydrogen-bond acceptors (Lipinski definition) is 3. The number of para-hydroxylation sites is 1. The number of ether oxygens (including phenoxy) is 1. The van der Waals surface area contributed by atoms with Gasteiger partial charge >= 0.3 is 6.18 Å². The van der Waals surface area contributed by atoms with Gasteiger partial charge in [0.15, 0.2) is 0 Å². The minimum atomic E-state index is -4.43. The van der Waals surface area contributed by atoms with Gasteiger partial charge in [0, 0.05) is 0 Å². The average Bonchev–Trinajstić information content (AvgIpc) is 2.48. The zero-order valence-electron chi connectivity index (χ0n) is 12.1. The van der Waals surface area contributed by atoms with Gasteiger partial charge in [-0.1, -0.05) is 19.1 Å². The number of hydrogen-bond donors (Lipinski definition) is 1. The van der Waals surface area contributed by atoms with Crippen molar-refractivity contribution in [3.63, 3.8) is 0 Å². The van der Waals surface area contributed by atoms with Crippen LogP contribution >= 0.6 is 0 Å². The fourth-order valence-electron chi connectivity index (χ4n) is 2.05. The smallest absolute Gasteiger partial charge is 0.419 e. The van der Waals surface area contributed by atoms with Crippen LogP contribution in [0.25, 0.3) is 0 Å². The summed E-state index contributed by atoms with van der Waals surface area (Å²) in [6.45, 7) is 2.03. The Balaban J connectivity index is 2.60. The Labute approximate surface area is 122 Å². The molecule has 0 heterocycles. The number of nitrogens with one attached hydrogen (secondary N) is 1. The van der Waals surface area contributed by atoms with E-state index in [0.717, 1.165) is 6.07 Å². The second kappa shape index (κ2) is 7.32. The summed E-state index contributed by atoms with van der Waals surface area (Å²) < 4.78 is 43.6. The van der Waals surface area contributed by atoms with E-state index in [-0.39, 0.29) is 12.4 Å². The summed E-state index contributed by atoms with van der Waals surface area (Å²) in [5, 5.41) is 12.1. The molecule has 0 saturated heterocycles. The van der Waals surface area contributed by atoms with Crippen LogP contribution in [-0.4, -0.2) is 19.2 Å². The van der Waals surface area contributed by atoms with Crippen molar-refractivity contribution in [1.82, 2.24) is 5.32 Å². The fraction of sp³-hybridized carbons (Fsp3) is 0.533. The van der Waals surface area contributed by atoms with E-state index in [1.807, 2.05) is 6.92 Å². The van der Waals surface area contributed by atoms with Crippen LogP contribution in [0.1, 0.15) is 31.7 Å². The van der Waals surface area contributed by atoms with E-state index in [2.05, 4.69) is 11.4 Å². The summed E-state index contributed by atoms with van der Waals surface area (Å²) in [5.74, 6) is -0.173. The highest BCUT2D eigenvalue weighted by Gasteiger charge is 2.34. The van der Waals surface area contributed by atoms with E-state index >= 15 is 0 Å². The molecule has 0 aliphatic heterocycles. The molecule has 1 unspecified atom stereocenters. The second-order valence-corrected chi connectivity index (χ2v) is 4.74. The lowest BCUT2D eigenvalue weighted by Gasteiger charge is -2.24. The molecule has 1 aromatic rings. The first-order chi connectivity index (χ1) is 9.88. The molecular weight excluding hydrogens is 281 g/mol. The lowest BCUT2D eigenvalue weighted by molar-refractivity contribution is -0.139. The SMILES string of the molecule is CCC(C#N)(CCCOc1ccccc1C(F)(F)F)NC. The minimum absolute atomic E-state index is 0.137. The molecule has 0 amide bonds. The van der Waals surface area contributed by atoms with Crippen LogP contribution in [0.5, 0.6) is 5.75 Å². The van der Waals surface area contributed by atoms with Crippen molar-refractivity contribution in [3.8, 4) is 11.8 Å². The van der Waals surface area contributed by atoms with Gasteiger partial charge in [-0.05, 0) is 38.4 Å². The Bertz CT molecular complexity index is 490. The third-order valence-electron chi connectivity index (χ3n) is 3.49. The molecule has 1 rings (SSSR count). The highest BCUT2D eigenvalue weighted by Crippen LogP contribution is 2.35. The molecule has 0 spiro atoms. The van der Waals surface area contributed by atoms with Gasteiger partial charge in [0.1, 0.15) is 11.3 Å². The number of halogens is 3. The molecular formula is C15H19F3N2O. The molecule has 0 bridgehead atoms. The number of benzene rings is 1. The van der Waals surface area contributed by atoms with Gasteiger partial charge in [0.2, 0.25) is 0 Å². The molecule has 116 valence electrons. The minimum Gasteiger partial charge on any atom is -0.493 e. The Kier molecular flexibility index (Phi) is 6.03. The van der Waals surface area contributed by atoms with Crippen molar-refractivity contribution in [3.05, 3.63) is 29.8 Å². The number of nitrogens with zero attached hydrogens (tertiary/aromatic N) is 1. The maximum Gasteiger partial charge on any atom is 0.419 e. The zero-order valence-corrected chi connectivity index (χ0v) is 12.1. The average molecular weight is 300 g/mol. The zero-order chi connectivity index (χ0) is 15.9. The summed E-state index contributed by atoms with van der Waals surface area (Å²) in [7, 11) is 1.70. The first kappa shape index (κ1) is 17.3. The van der Waals surface area contributed by atoms with Crippen molar-refractivity contribution in [2.45, 2.75) is 37.9 Å². The van der Waals surface area contributed by atoms with E-state index in [1.54, 1.807) is 7.05 Å². The number of alkyl halides is 3. The first-order valence-electron chi connectivity index (χ1n) is 6.77. The van der Waals surface area contributed by atoms with Crippen LogP contribution in [0, 0.1) is 11.3 Å².